The molecule has 8 heteroatoms. The van der Waals surface area contributed by atoms with Crippen molar-refractivity contribution in [3.8, 4) is 0 Å². The van der Waals surface area contributed by atoms with Crippen LogP contribution in [0.15, 0.2) is 41.3 Å². The highest BCUT2D eigenvalue weighted by Gasteiger charge is 2.43. The molecule has 155 valence electrons. The second-order valence-electron chi connectivity index (χ2n) is 7.28. The molecule has 0 fully saturated rings. The van der Waals surface area contributed by atoms with Crippen LogP contribution in [0.2, 0.25) is 0 Å². The Bertz CT molecular complexity index is 1140. The number of benzene rings is 2. The average Bonchev–Trinajstić information content (AvgIpc) is 2.87. The van der Waals surface area contributed by atoms with E-state index >= 15 is 0 Å². The van der Waals surface area contributed by atoms with E-state index in [1.54, 1.807) is 64.1 Å². The molecule has 0 aliphatic carbocycles. The normalized spacial score (nSPS) is 13.8. The van der Waals surface area contributed by atoms with Crippen LogP contribution in [0.25, 0.3) is 10.9 Å². The lowest BCUT2D eigenvalue weighted by molar-refractivity contribution is -0.154. The number of nitrogens with zero attached hydrogens (tertiary/aromatic N) is 1. The smallest absolute Gasteiger partial charge is 0.342 e. The van der Waals surface area contributed by atoms with Gasteiger partial charge in [0.2, 0.25) is 10.0 Å². The number of hydrogen-bond donors (Lipinski definition) is 1. The van der Waals surface area contributed by atoms with Gasteiger partial charge in [0.05, 0.1) is 4.90 Å². The first-order chi connectivity index (χ1) is 13.4. The molecule has 1 radical (unpaired) electrons. The van der Waals surface area contributed by atoms with Gasteiger partial charge in [-0.15, -0.1) is 0 Å². The van der Waals surface area contributed by atoms with Crippen LogP contribution < -0.4 is 4.72 Å². The first-order valence-electron chi connectivity index (χ1n) is 9.04. The van der Waals surface area contributed by atoms with Gasteiger partial charge in [0.1, 0.15) is 6.04 Å². The molecule has 0 spiro atoms. The van der Waals surface area contributed by atoms with E-state index in [2.05, 4.69) is 6.07 Å². The van der Waals surface area contributed by atoms with Crippen molar-refractivity contribution >= 4 is 20.9 Å². The minimum atomic E-state index is -4.77. The predicted molar refractivity (Wildman–Crippen MR) is 106 cm³/mol. The predicted octanol–water partition coefficient (Wildman–Crippen LogP) is 4.58. The summed E-state index contributed by atoms with van der Waals surface area (Å²) in [5.74, 6) is 0. The van der Waals surface area contributed by atoms with Crippen molar-refractivity contribution in [1.29, 1.82) is 0 Å². The Morgan fingerprint density at radius 1 is 1.07 bits per heavy atom. The Kier molecular flexibility index (Phi) is 5.53. The first kappa shape index (κ1) is 21.4. The summed E-state index contributed by atoms with van der Waals surface area (Å²) >= 11 is 0. The van der Waals surface area contributed by atoms with E-state index in [9.17, 15) is 21.6 Å². The fraction of sp³-hybridized carbons (Fsp3) is 0.333. The summed E-state index contributed by atoms with van der Waals surface area (Å²) in [6.45, 7) is 6.03. The summed E-state index contributed by atoms with van der Waals surface area (Å²) < 4.78 is 70.5. The molecule has 3 aromatic rings. The van der Waals surface area contributed by atoms with Crippen LogP contribution in [-0.2, 0) is 16.6 Å². The van der Waals surface area contributed by atoms with Gasteiger partial charge in [-0.2, -0.15) is 17.9 Å². The second-order valence-corrected chi connectivity index (χ2v) is 8.93. The number of sulfonamides is 1. The summed E-state index contributed by atoms with van der Waals surface area (Å²) in [4.78, 5) is -0.113. The number of fused-ring (bicyclic) bond motifs is 1. The molecule has 0 bridgehead atoms. The van der Waals surface area contributed by atoms with Gasteiger partial charge in [-0.05, 0) is 44.9 Å². The zero-order valence-corrected chi connectivity index (χ0v) is 17.4. The summed E-state index contributed by atoms with van der Waals surface area (Å²) in [5, 5.41) is 0.680. The fourth-order valence-electron chi connectivity index (χ4n) is 3.72. The highest BCUT2D eigenvalue weighted by molar-refractivity contribution is 7.89. The van der Waals surface area contributed by atoms with Crippen molar-refractivity contribution < 1.29 is 21.6 Å². The molecule has 1 atom stereocenters. The highest BCUT2D eigenvalue weighted by atomic mass is 32.2. The van der Waals surface area contributed by atoms with E-state index in [-0.39, 0.29) is 4.90 Å². The maximum absolute atomic E-state index is 13.8. The third kappa shape index (κ3) is 4.33. The molecule has 0 aliphatic rings. The molecule has 1 N–H and O–H groups in total. The zero-order valence-electron chi connectivity index (χ0n) is 16.6. The quantitative estimate of drug-likeness (QED) is 0.653. The van der Waals surface area contributed by atoms with Crippen LogP contribution >= 0.6 is 0 Å². The average molecular weight is 423 g/mol. The lowest BCUT2D eigenvalue weighted by Gasteiger charge is -2.24. The van der Waals surface area contributed by atoms with Gasteiger partial charge in [-0.3, -0.25) is 0 Å². The Labute approximate surface area is 168 Å². The Hall–Kier alpha value is -2.32. The lowest BCUT2D eigenvalue weighted by Crippen LogP contribution is -2.48. The standard InChI is InChI=1S/C21H22F3N2O2S/c1-13-9-14(2)20(15(3)10-13)29(27,28)25-19(21(22,23)24)12-26-16(4)11-17-7-5-6-8-18(17)26/h5-10,19,25H,12H2,1-4H3. The number of alkyl halides is 3. The van der Waals surface area contributed by atoms with E-state index in [1.807, 2.05) is 4.72 Å². The Morgan fingerprint density at radius 3 is 2.24 bits per heavy atom. The van der Waals surface area contributed by atoms with Gasteiger partial charge >= 0.3 is 6.18 Å². The summed E-state index contributed by atoms with van der Waals surface area (Å²) in [5.41, 5.74) is 2.73. The number of aryl methyl sites for hydroxylation is 4. The minimum absolute atomic E-state index is 0.113. The molecule has 1 unspecified atom stereocenters. The molecule has 1 heterocycles. The largest absolute Gasteiger partial charge is 0.406 e. The maximum atomic E-state index is 13.8. The van der Waals surface area contributed by atoms with Crippen molar-refractivity contribution in [2.24, 2.45) is 0 Å². The van der Waals surface area contributed by atoms with E-state index in [1.165, 1.54) is 4.57 Å². The van der Waals surface area contributed by atoms with Crippen molar-refractivity contribution in [3.63, 3.8) is 0 Å². The van der Waals surface area contributed by atoms with Crippen LogP contribution in [0.5, 0.6) is 0 Å². The molecule has 0 saturated carbocycles. The lowest BCUT2D eigenvalue weighted by atomic mass is 10.1. The molecule has 0 saturated heterocycles. The number of nitrogens with one attached hydrogen (secondary N) is 1. The number of hydrogen-bond acceptors (Lipinski definition) is 2. The maximum Gasteiger partial charge on any atom is 0.406 e. The first-order valence-corrected chi connectivity index (χ1v) is 10.5. The number of aromatic nitrogens is 1. The van der Waals surface area contributed by atoms with Crippen LogP contribution in [0, 0.1) is 33.8 Å². The number of para-hydroxylation sites is 1. The van der Waals surface area contributed by atoms with Crippen LogP contribution in [-0.4, -0.2) is 25.2 Å². The molecular formula is C21H22F3N2O2S. The van der Waals surface area contributed by atoms with Gasteiger partial charge in [-0.25, -0.2) is 8.42 Å². The van der Waals surface area contributed by atoms with E-state index in [4.69, 9.17) is 0 Å². The number of halogens is 3. The van der Waals surface area contributed by atoms with E-state index in [0.29, 0.717) is 27.7 Å². The van der Waals surface area contributed by atoms with E-state index < -0.39 is 28.8 Å². The van der Waals surface area contributed by atoms with E-state index in [0.717, 1.165) is 5.56 Å². The fourth-order valence-corrected chi connectivity index (χ4v) is 5.39. The second kappa shape index (κ2) is 7.50. The molecule has 0 aliphatic heterocycles. The topological polar surface area (TPSA) is 51.1 Å². The van der Waals surface area contributed by atoms with Gasteiger partial charge in [0.25, 0.3) is 0 Å². The molecule has 1 aromatic heterocycles. The van der Waals surface area contributed by atoms with Crippen LogP contribution in [0.3, 0.4) is 0 Å². The minimum Gasteiger partial charge on any atom is -0.342 e. The van der Waals surface area contributed by atoms with Crippen molar-refractivity contribution in [1.82, 2.24) is 9.29 Å². The van der Waals surface area contributed by atoms with Gasteiger partial charge in [0.15, 0.2) is 0 Å². The third-order valence-electron chi connectivity index (χ3n) is 4.85. The summed E-state index contributed by atoms with van der Waals surface area (Å²) in [6.07, 6.45) is -4.77. The third-order valence-corrected chi connectivity index (χ3v) is 6.62. The van der Waals surface area contributed by atoms with Crippen molar-refractivity contribution in [3.05, 3.63) is 64.8 Å². The zero-order chi connectivity index (χ0) is 21.6. The van der Waals surface area contributed by atoms with Crippen molar-refractivity contribution in [2.75, 3.05) is 0 Å². The molecule has 0 amide bonds. The number of rotatable bonds is 5. The Balaban J connectivity index is 2.02. The molecule has 4 nitrogen and oxygen atoms in total. The van der Waals surface area contributed by atoms with Gasteiger partial charge in [-0.1, -0.05) is 35.9 Å². The van der Waals surface area contributed by atoms with Gasteiger partial charge in [0, 0.05) is 29.2 Å². The molecule has 2 aromatic carbocycles. The van der Waals surface area contributed by atoms with Gasteiger partial charge < -0.3 is 4.57 Å². The SMILES string of the molecule is Cc1cc(C)c(S(=O)(=O)NC(Cn2c(C)[c]c3ccccc32)C(F)(F)F)c(C)c1. The molecule has 29 heavy (non-hydrogen) atoms. The van der Waals surface area contributed by atoms with Crippen molar-refractivity contribution in [2.45, 2.75) is 51.4 Å². The highest BCUT2D eigenvalue weighted by Crippen LogP contribution is 2.28. The Morgan fingerprint density at radius 2 is 1.66 bits per heavy atom. The van der Waals surface area contributed by atoms with Crippen LogP contribution in [0.1, 0.15) is 22.4 Å². The summed E-state index contributed by atoms with van der Waals surface area (Å²) in [7, 11) is -4.38. The summed E-state index contributed by atoms with van der Waals surface area (Å²) in [6, 6.07) is 11.0. The molecular weight excluding hydrogens is 401 g/mol. The molecule has 3 rings (SSSR count). The monoisotopic (exact) mass is 423 g/mol. The van der Waals surface area contributed by atoms with Crippen LogP contribution in [0.4, 0.5) is 13.2 Å².